The van der Waals surface area contributed by atoms with Crippen LogP contribution in [-0.4, -0.2) is 24.5 Å². The normalized spacial score (nSPS) is 32.9. The van der Waals surface area contributed by atoms with Crippen LogP contribution in [0.3, 0.4) is 0 Å². The predicted molar refractivity (Wildman–Crippen MR) is 107 cm³/mol. The summed E-state index contributed by atoms with van der Waals surface area (Å²) in [4.78, 5) is 2.85. The van der Waals surface area contributed by atoms with Crippen molar-refractivity contribution in [1.29, 1.82) is 0 Å². The Labute approximate surface area is 157 Å². The molecule has 26 heavy (non-hydrogen) atoms. The first-order valence-electron chi connectivity index (χ1n) is 10.8. The number of nitrogens with zero attached hydrogens (tertiary/aromatic N) is 1. The van der Waals surface area contributed by atoms with Gasteiger partial charge in [-0.3, -0.25) is 0 Å². The second kappa shape index (κ2) is 5.70. The molecule has 0 radical (unpaired) electrons. The molecule has 3 aliphatic carbocycles. The topological polar surface area (TPSA) is 3.24 Å². The number of hydrogen-bond donors (Lipinski definition) is 0. The van der Waals surface area contributed by atoms with Crippen LogP contribution in [0.4, 0.5) is 0 Å². The van der Waals surface area contributed by atoms with Crippen molar-refractivity contribution >= 4 is 0 Å². The summed E-state index contributed by atoms with van der Waals surface area (Å²) in [7, 11) is 0. The van der Waals surface area contributed by atoms with E-state index in [9.17, 15) is 0 Å². The predicted octanol–water partition coefficient (Wildman–Crippen LogP) is 5.45. The van der Waals surface area contributed by atoms with Crippen molar-refractivity contribution in [1.82, 2.24) is 4.90 Å². The minimum absolute atomic E-state index is 0.379. The summed E-state index contributed by atoms with van der Waals surface area (Å²) in [5.74, 6) is 2.28. The molecule has 0 N–H and O–H groups in total. The maximum absolute atomic E-state index is 2.85. The van der Waals surface area contributed by atoms with Crippen molar-refractivity contribution in [2.75, 3.05) is 19.6 Å². The number of likely N-dealkylation sites (tertiary alicyclic amines) is 1. The van der Waals surface area contributed by atoms with Crippen molar-refractivity contribution in [3.63, 3.8) is 0 Å². The van der Waals surface area contributed by atoms with E-state index in [0.29, 0.717) is 17.3 Å². The van der Waals surface area contributed by atoms with Gasteiger partial charge in [0.25, 0.3) is 0 Å². The molecule has 1 spiro atoms. The van der Waals surface area contributed by atoms with Gasteiger partial charge in [-0.25, -0.2) is 0 Å². The Morgan fingerprint density at radius 2 is 1.58 bits per heavy atom. The summed E-state index contributed by atoms with van der Waals surface area (Å²) >= 11 is 0. The van der Waals surface area contributed by atoms with Crippen LogP contribution in [0.15, 0.2) is 48.5 Å². The monoisotopic (exact) mass is 343 g/mol. The highest BCUT2D eigenvalue weighted by atomic mass is 15.2. The first-order valence-corrected chi connectivity index (χ1v) is 10.8. The summed E-state index contributed by atoms with van der Waals surface area (Å²) < 4.78 is 0. The van der Waals surface area contributed by atoms with Gasteiger partial charge in [0.1, 0.15) is 0 Å². The summed E-state index contributed by atoms with van der Waals surface area (Å²) in [5, 5.41) is 0. The lowest BCUT2D eigenvalue weighted by molar-refractivity contribution is 0.222. The molecule has 2 bridgehead atoms. The molecule has 0 aromatic heterocycles. The number of rotatable bonds is 2. The van der Waals surface area contributed by atoms with Gasteiger partial charge in [-0.1, -0.05) is 67.8 Å². The average Bonchev–Trinajstić information content (AvgIpc) is 3.21. The van der Waals surface area contributed by atoms with E-state index in [1.807, 2.05) is 0 Å². The fraction of sp³-hybridized carbons (Fsp3) is 0.520. The van der Waals surface area contributed by atoms with Gasteiger partial charge in [0.2, 0.25) is 0 Å². The van der Waals surface area contributed by atoms with Gasteiger partial charge in [-0.15, -0.1) is 0 Å². The van der Waals surface area contributed by atoms with Crippen LogP contribution in [0.2, 0.25) is 0 Å². The maximum Gasteiger partial charge on any atom is 0.0173 e. The molecule has 1 aliphatic heterocycles. The van der Waals surface area contributed by atoms with Crippen LogP contribution >= 0.6 is 0 Å². The van der Waals surface area contributed by atoms with Gasteiger partial charge >= 0.3 is 0 Å². The van der Waals surface area contributed by atoms with Gasteiger partial charge in [-0.2, -0.15) is 0 Å². The third-order valence-electron chi connectivity index (χ3n) is 8.04. The van der Waals surface area contributed by atoms with E-state index in [-0.39, 0.29) is 0 Å². The largest absolute Gasteiger partial charge is 0.302 e. The van der Waals surface area contributed by atoms with Gasteiger partial charge in [0, 0.05) is 36.9 Å². The van der Waals surface area contributed by atoms with Gasteiger partial charge in [0.15, 0.2) is 0 Å². The van der Waals surface area contributed by atoms with Crippen LogP contribution < -0.4 is 0 Å². The van der Waals surface area contributed by atoms with Crippen molar-refractivity contribution in [3.05, 3.63) is 70.8 Å². The van der Waals surface area contributed by atoms with E-state index in [2.05, 4.69) is 53.4 Å². The molecule has 1 saturated carbocycles. The standard InChI is InChI=1S/C25H29N/c1-2-8-18(9-3-1)15-26-16-24-20-11-5-4-10-19(20)22-14-25(24,17-26)23-13-7-6-12-21(22)23/h4-7,10-13,18,22,24H,1-3,8-9,14-17H2. The van der Waals surface area contributed by atoms with Crippen LogP contribution in [0.25, 0.3) is 0 Å². The first-order chi connectivity index (χ1) is 12.9. The zero-order chi connectivity index (χ0) is 17.1. The Kier molecular flexibility index (Phi) is 3.39. The highest BCUT2D eigenvalue weighted by Crippen LogP contribution is 2.63. The Morgan fingerprint density at radius 3 is 2.42 bits per heavy atom. The quantitative estimate of drug-likeness (QED) is 0.700. The molecule has 6 rings (SSSR count). The van der Waals surface area contributed by atoms with Crippen LogP contribution in [0.5, 0.6) is 0 Å². The van der Waals surface area contributed by atoms with E-state index >= 15 is 0 Å². The van der Waals surface area contributed by atoms with Gasteiger partial charge < -0.3 is 4.90 Å². The van der Waals surface area contributed by atoms with Crippen molar-refractivity contribution in [2.24, 2.45) is 5.92 Å². The highest BCUT2D eigenvalue weighted by Gasteiger charge is 2.57. The lowest BCUT2D eigenvalue weighted by atomic mass is 9.65. The van der Waals surface area contributed by atoms with Crippen LogP contribution in [-0.2, 0) is 5.41 Å². The third-order valence-corrected chi connectivity index (χ3v) is 8.04. The van der Waals surface area contributed by atoms with Crippen molar-refractivity contribution < 1.29 is 0 Å². The van der Waals surface area contributed by atoms with E-state index in [0.717, 1.165) is 5.92 Å². The molecule has 1 saturated heterocycles. The number of hydrogen-bond acceptors (Lipinski definition) is 1. The molecule has 1 heterocycles. The molecular formula is C25H29N. The van der Waals surface area contributed by atoms with Crippen LogP contribution in [0.1, 0.15) is 72.6 Å². The summed E-state index contributed by atoms with van der Waals surface area (Å²) in [6.07, 6.45) is 8.65. The molecule has 4 aliphatic rings. The molecule has 3 unspecified atom stereocenters. The van der Waals surface area contributed by atoms with Gasteiger partial charge in [0.05, 0.1) is 0 Å². The summed E-state index contributed by atoms with van der Waals surface area (Å²) in [5.41, 5.74) is 6.97. The fourth-order valence-electron chi connectivity index (χ4n) is 7.02. The van der Waals surface area contributed by atoms with E-state index in [1.165, 1.54) is 58.2 Å². The number of benzene rings is 2. The van der Waals surface area contributed by atoms with E-state index < -0.39 is 0 Å². The number of fused-ring (bicyclic) bond motifs is 3. The van der Waals surface area contributed by atoms with Gasteiger partial charge in [-0.05, 0) is 47.4 Å². The average molecular weight is 344 g/mol. The maximum atomic E-state index is 2.85. The molecule has 1 heteroatoms. The second-order valence-corrected chi connectivity index (χ2v) is 9.38. The molecule has 2 aromatic carbocycles. The smallest absolute Gasteiger partial charge is 0.0173 e. The Bertz CT molecular complexity index is 823. The van der Waals surface area contributed by atoms with E-state index in [1.54, 1.807) is 22.3 Å². The summed E-state index contributed by atoms with van der Waals surface area (Å²) in [6, 6.07) is 18.8. The Hall–Kier alpha value is -1.60. The second-order valence-electron chi connectivity index (χ2n) is 9.38. The van der Waals surface area contributed by atoms with Crippen LogP contribution in [0, 0.1) is 5.92 Å². The summed E-state index contributed by atoms with van der Waals surface area (Å²) in [6.45, 7) is 3.90. The first kappa shape index (κ1) is 15.5. The van der Waals surface area contributed by atoms with E-state index in [4.69, 9.17) is 0 Å². The molecule has 2 fully saturated rings. The third kappa shape index (κ3) is 2.07. The zero-order valence-electron chi connectivity index (χ0n) is 15.7. The minimum Gasteiger partial charge on any atom is -0.302 e. The molecule has 2 aromatic rings. The molecule has 1 nitrogen and oxygen atoms in total. The minimum atomic E-state index is 0.379. The zero-order valence-corrected chi connectivity index (χ0v) is 15.7. The lowest BCUT2D eigenvalue weighted by Crippen LogP contribution is -2.35. The Balaban J connectivity index is 1.41. The van der Waals surface area contributed by atoms with Crippen molar-refractivity contribution in [3.8, 4) is 0 Å². The Morgan fingerprint density at radius 1 is 0.846 bits per heavy atom. The molecule has 0 amide bonds. The molecule has 3 atom stereocenters. The highest BCUT2D eigenvalue weighted by molar-refractivity contribution is 5.58. The fourth-order valence-corrected chi connectivity index (χ4v) is 7.02. The lowest BCUT2D eigenvalue weighted by Gasteiger charge is -2.37. The van der Waals surface area contributed by atoms with Crippen molar-refractivity contribution in [2.45, 2.75) is 55.8 Å². The molecule has 134 valence electrons. The SMILES string of the molecule is c1ccc2c(c1)C1CC3(CN(CC4CCCCC4)CC23)c2ccccc21. The molecular weight excluding hydrogens is 314 g/mol.